The zero-order valence-corrected chi connectivity index (χ0v) is 14.5. The molecule has 2 aromatic rings. The molecule has 1 aliphatic rings. The van der Waals surface area contributed by atoms with Gasteiger partial charge in [-0.2, -0.15) is 0 Å². The van der Waals surface area contributed by atoms with Crippen molar-refractivity contribution >= 4 is 11.6 Å². The molecule has 25 heavy (non-hydrogen) atoms. The van der Waals surface area contributed by atoms with Crippen molar-refractivity contribution in [3.05, 3.63) is 70.0 Å². The predicted octanol–water partition coefficient (Wildman–Crippen LogP) is 6.04. The molecule has 1 saturated heterocycles. The molecule has 3 rings (SSSR count). The summed E-state index contributed by atoms with van der Waals surface area (Å²) in [6, 6.07) is 9.00. The molecule has 0 aliphatic carbocycles. The number of hydrogen-bond donors (Lipinski definition) is 0. The summed E-state index contributed by atoms with van der Waals surface area (Å²) in [5.74, 6) is -3.20. The summed E-state index contributed by atoms with van der Waals surface area (Å²) in [4.78, 5) is 0. The Balaban J connectivity index is 1.77. The first-order valence-electron chi connectivity index (χ1n) is 8.54. The van der Waals surface area contributed by atoms with E-state index < -0.39 is 23.4 Å². The first-order valence-corrected chi connectivity index (χ1v) is 8.92. The molecule has 2 aromatic carbocycles. The Morgan fingerprint density at radius 3 is 2.36 bits per heavy atom. The summed E-state index contributed by atoms with van der Waals surface area (Å²) in [6.45, 7) is 0.807. The van der Waals surface area contributed by atoms with Crippen LogP contribution < -0.4 is 0 Å². The zero-order chi connectivity index (χ0) is 17.8. The maximum absolute atomic E-state index is 14.3. The van der Waals surface area contributed by atoms with Crippen LogP contribution in [-0.4, -0.2) is 12.7 Å². The van der Waals surface area contributed by atoms with Gasteiger partial charge in [0, 0.05) is 10.6 Å². The number of rotatable bonds is 8. The Labute approximate surface area is 150 Å². The van der Waals surface area contributed by atoms with Crippen molar-refractivity contribution in [3.8, 4) is 0 Å². The highest BCUT2D eigenvalue weighted by atomic mass is 35.5. The second-order valence-corrected chi connectivity index (χ2v) is 6.96. The quantitative estimate of drug-likeness (QED) is 0.314. The van der Waals surface area contributed by atoms with Crippen LogP contribution in [0.25, 0.3) is 0 Å². The summed E-state index contributed by atoms with van der Waals surface area (Å²) in [5, 5.41) is 0.604. The van der Waals surface area contributed by atoms with Crippen LogP contribution in [-0.2, 0) is 11.2 Å². The lowest BCUT2D eigenvalue weighted by molar-refractivity contribution is 0.384. The molecular weight excluding hydrogens is 349 g/mol. The summed E-state index contributed by atoms with van der Waals surface area (Å²) in [7, 11) is 0. The fourth-order valence-corrected chi connectivity index (χ4v) is 3.29. The number of benzene rings is 2. The number of ether oxygens (including phenoxy) is 1. The van der Waals surface area contributed by atoms with Crippen molar-refractivity contribution in [2.45, 2.75) is 44.1 Å². The first-order chi connectivity index (χ1) is 12.0. The highest BCUT2D eigenvalue weighted by molar-refractivity contribution is 6.30. The summed E-state index contributed by atoms with van der Waals surface area (Å²) in [6.07, 6.45) is 4.08. The third kappa shape index (κ3) is 4.99. The van der Waals surface area contributed by atoms with Gasteiger partial charge in [-0.25, -0.2) is 13.2 Å². The molecule has 1 heterocycles. The largest absolute Gasteiger partial charge is 0.373 e. The molecule has 5 heteroatoms. The zero-order valence-electron chi connectivity index (χ0n) is 13.8. The molecule has 2 atom stereocenters. The summed E-state index contributed by atoms with van der Waals surface area (Å²) < 4.78 is 47.3. The van der Waals surface area contributed by atoms with Gasteiger partial charge in [0.2, 0.25) is 0 Å². The Kier molecular flexibility index (Phi) is 6.02. The van der Waals surface area contributed by atoms with Crippen molar-refractivity contribution in [2.75, 3.05) is 6.61 Å². The van der Waals surface area contributed by atoms with Crippen LogP contribution in [0.2, 0.25) is 5.02 Å². The normalized spacial score (nSPS) is 17.5. The van der Waals surface area contributed by atoms with Crippen molar-refractivity contribution in [2.24, 2.45) is 0 Å². The van der Waals surface area contributed by atoms with Crippen LogP contribution in [0.4, 0.5) is 13.2 Å². The standard InChI is InChI=1S/C20H20ClF3O/c21-15-7-5-13(6-8-15)11-14(3-1-2-4-16-12-25-16)19-17(22)9-10-18(23)20(19)24/h5-10,14,16H,1-4,11-12H2. The minimum atomic E-state index is -1.08. The first kappa shape index (κ1) is 18.3. The highest BCUT2D eigenvalue weighted by Crippen LogP contribution is 2.32. The smallest absolute Gasteiger partial charge is 0.165 e. The maximum Gasteiger partial charge on any atom is 0.165 e. The maximum atomic E-state index is 14.3. The lowest BCUT2D eigenvalue weighted by Gasteiger charge is -2.19. The summed E-state index contributed by atoms with van der Waals surface area (Å²) in [5.41, 5.74) is 0.764. The third-order valence-electron chi connectivity index (χ3n) is 4.61. The molecule has 2 unspecified atom stereocenters. The van der Waals surface area contributed by atoms with E-state index in [1.807, 2.05) is 12.1 Å². The van der Waals surface area contributed by atoms with Crippen LogP contribution in [0.5, 0.6) is 0 Å². The monoisotopic (exact) mass is 368 g/mol. The molecule has 1 fully saturated rings. The van der Waals surface area contributed by atoms with Crippen molar-refractivity contribution in [1.29, 1.82) is 0 Å². The van der Waals surface area contributed by atoms with E-state index in [1.165, 1.54) is 0 Å². The molecule has 0 radical (unpaired) electrons. The van der Waals surface area contributed by atoms with Crippen molar-refractivity contribution in [1.82, 2.24) is 0 Å². The van der Waals surface area contributed by atoms with Gasteiger partial charge in [0.1, 0.15) is 5.82 Å². The molecule has 0 bridgehead atoms. The van der Waals surface area contributed by atoms with Gasteiger partial charge in [-0.05, 0) is 55.0 Å². The topological polar surface area (TPSA) is 12.5 Å². The van der Waals surface area contributed by atoms with E-state index in [9.17, 15) is 13.2 Å². The Morgan fingerprint density at radius 2 is 1.68 bits per heavy atom. The molecule has 0 amide bonds. The van der Waals surface area contributed by atoms with E-state index >= 15 is 0 Å². The average molecular weight is 369 g/mol. The fourth-order valence-electron chi connectivity index (χ4n) is 3.17. The number of hydrogen-bond acceptors (Lipinski definition) is 1. The Bertz CT molecular complexity index is 714. The van der Waals surface area contributed by atoms with E-state index in [2.05, 4.69) is 0 Å². The second-order valence-electron chi connectivity index (χ2n) is 6.52. The van der Waals surface area contributed by atoms with Crippen LogP contribution in [0, 0.1) is 17.5 Å². The van der Waals surface area contributed by atoms with Crippen LogP contribution in [0.1, 0.15) is 42.7 Å². The van der Waals surface area contributed by atoms with E-state index in [1.54, 1.807) is 12.1 Å². The van der Waals surface area contributed by atoms with Gasteiger partial charge in [0.05, 0.1) is 12.7 Å². The van der Waals surface area contributed by atoms with Gasteiger partial charge in [0.25, 0.3) is 0 Å². The van der Waals surface area contributed by atoms with Gasteiger partial charge < -0.3 is 4.74 Å². The SMILES string of the molecule is Fc1ccc(F)c(C(CCCCC2CO2)Cc2ccc(Cl)cc2)c1F. The van der Waals surface area contributed by atoms with E-state index in [0.29, 0.717) is 24.0 Å². The van der Waals surface area contributed by atoms with Crippen molar-refractivity contribution in [3.63, 3.8) is 0 Å². The minimum absolute atomic E-state index is 0.155. The van der Waals surface area contributed by atoms with Gasteiger partial charge in [-0.15, -0.1) is 0 Å². The molecular formula is C20H20ClF3O. The second kappa shape index (κ2) is 8.24. The molecule has 0 aromatic heterocycles. The molecule has 134 valence electrons. The fraction of sp³-hybridized carbons (Fsp3) is 0.400. The average Bonchev–Trinajstić information content (AvgIpc) is 3.41. The van der Waals surface area contributed by atoms with Gasteiger partial charge >= 0.3 is 0 Å². The number of unbranched alkanes of at least 4 members (excludes halogenated alkanes) is 1. The molecule has 0 N–H and O–H groups in total. The lowest BCUT2D eigenvalue weighted by Crippen LogP contribution is -2.10. The summed E-state index contributed by atoms with van der Waals surface area (Å²) >= 11 is 5.89. The Morgan fingerprint density at radius 1 is 1.00 bits per heavy atom. The van der Waals surface area contributed by atoms with E-state index in [-0.39, 0.29) is 5.56 Å². The molecule has 0 spiro atoms. The van der Waals surface area contributed by atoms with E-state index in [0.717, 1.165) is 43.6 Å². The number of epoxide rings is 1. The van der Waals surface area contributed by atoms with Crippen LogP contribution in [0.15, 0.2) is 36.4 Å². The van der Waals surface area contributed by atoms with Crippen molar-refractivity contribution < 1.29 is 17.9 Å². The van der Waals surface area contributed by atoms with Gasteiger partial charge in [-0.1, -0.05) is 36.6 Å². The van der Waals surface area contributed by atoms with Crippen LogP contribution >= 0.6 is 11.6 Å². The third-order valence-corrected chi connectivity index (χ3v) is 4.87. The number of halogens is 4. The van der Waals surface area contributed by atoms with Gasteiger partial charge in [0.15, 0.2) is 11.6 Å². The Hall–Kier alpha value is -1.52. The lowest BCUT2D eigenvalue weighted by atomic mass is 9.86. The predicted molar refractivity (Wildman–Crippen MR) is 92.4 cm³/mol. The molecule has 1 aliphatic heterocycles. The minimum Gasteiger partial charge on any atom is -0.373 e. The molecule has 1 nitrogen and oxygen atoms in total. The van der Waals surface area contributed by atoms with E-state index in [4.69, 9.17) is 16.3 Å². The molecule has 0 saturated carbocycles. The van der Waals surface area contributed by atoms with Crippen LogP contribution in [0.3, 0.4) is 0 Å². The highest BCUT2D eigenvalue weighted by Gasteiger charge is 2.25. The van der Waals surface area contributed by atoms with Gasteiger partial charge in [-0.3, -0.25) is 0 Å².